The molecule has 0 bridgehead atoms. The molecular formula is C74H112O6. The van der Waals surface area contributed by atoms with E-state index in [1.165, 1.54) is 32.1 Å². The Bertz CT molecular complexity index is 1930. The summed E-state index contributed by atoms with van der Waals surface area (Å²) in [4.78, 5) is 38.3. The number of carbonyl (C=O) groups is 3. The summed E-state index contributed by atoms with van der Waals surface area (Å²) in [5.74, 6) is -1.09. The molecule has 0 N–H and O–H groups in total. The van der Waals surface area contributed by atoms with Gasteiger partial charge in [-0.15, -0.1) is 0 Å². The molecule has 0 aliphatic carbocycles. The Labute approximate surface area is 490 Å². The lowest BCUT2D eigenvalue weighted by Gasteiger charge is -2.18. The molecule has 1 unspecified atom stereocenters. The van der Waals surface area contributed by atoms with E-state index in [-0.39, 0.29) is 38.0 Å². The summed E-state index contributed by atoms with van der Waals surface area (Å²) in [5.41, 5.74) is 0. The Kier molecular flexibility index (Phi) is 61.0. The van der Waals surface area contributed by atoms with E-state index in [0.717, 1.165) is 148 Å². The van der Waals surface area contributed by atoms with Crippen molar-refractivity contribution in [2.24, 2.45) is 0 Å². The van der Waals surface area contributed by atoms with Crippen molar-refractivity contribution in [1.29, 1.82) is 0 Å². The molecule has 0 saturated carbocycles. The number of unbranched alkanes of at least 4 members (excludes halogenated alkanes) is 11. The summed E-state index contributed by atoms with van der Waals surface area (Å²) < 4.78 is 16.8. The fourth-order valence-electron chi connectivity index (χ4n) is 7.69. The van der Waals surface area contributed by atoms with E-state index in [4.69, 9.17) is 14.2 Å². The van der Waals surface area contributed by atoms with Crippen LogP contribution in [0.25, 0.3) is 0 Å². The normalized spacial score (nSPS) is 13.5. The Morgan fingerprint density at radius 3 is 0.838 bits per heavy atom. The van der Waals surface area contributed by atoms with Crippen LogP contribution in [-0.4, -0.2) is 37.2 Å². The van der Waals surface area contributed by atoms with Gasteiger partial charge in [0, 0.05) is 19.3 Å². The second-order valence-electron chi connectivity index (χ2n) is 19.8. The Balaban J connectivity index is 4.61. The molecule has 0 rings (SSSR count). The number of allylic oxidation sites excluding steroid dienone is 32. The van der Waals surface area contributed by atoms with Gasteiger partial charge in [0.25, 0.3) is 0 Å². The number of hydrogen-bond donors (Lipinski definition) is 0. The second kappa shape index (κ2) is 65.8. The fourth-order valence-corrected chi connectivity index (χ4v) is 7.69. The molecule has 0 aliphatic rings. The fraction of sp³-hybridized carbons (Fsp3) is 0.527. The lowest BCUT2D eigenvalue weighted by Crippen LogP contribution is -2.30. The van der Waals surface area contributed by atoms with E-state index >= 15 is 0 Å². The first-order valence-electron chi connectivity index (χ1n) is 31.4. The van der Waals surface area contributed by atoms with Crippen molar-refractivity contribution < 1.29 is 28.6 Å². The average Bonchev–Trinajstić information content (AvgIpc) is 3.46. The zero-order valence-corrected chi connectivity index (χ0v) is 50.8. The van der Waals surface area contributed by atoms with Gasteiger partial charge in [-0.3, -0.25) is 14.4 Å². The number of rotatable bonds is 54. The number of hydrogen-bond acceptors (Lipinski definition) is 6. The number of esters is 3. The molecule has 0 aliphatic heterocycles. The molecule has 0 aromatic carbocycles. The van der Waals surface area contributed by atoms with Crippen molar-refractivity contribution in [2.45, 2.75) is 239 Å². The van der Waals surface area contributed by atoms with Crippen molar-refractivity contribution >= 4 is 17.9 Å². The number of ether oxygens (including phenoxy) is 3. The SMILES string of the molecule is CC/C=C\C/C=C\C/C=C\C/C=C\C/C=C\C/C=C\C/C=C\C/C=C\CCCCC(=O)OCC(COC(=O)CCCCCCC/C=C\C/C=C\CCCCCC)OC(=O)CC/C=C\C/C=C\C/C=C\C/C=C\C/C=C\C/C=C\CC. The quantitative estimate of drug-likeness (QED) is 0.0261. The lowest BCUT2D eigenvalue weighted by atomic mass is 10.1. The van der Waals surface area contributed by atoms with Crippen molar-refractivity contribution in [2.75, 3.05) is 13.2 Å². The smallest absolute Gasteiger partial charge is 0.306 e. The predicted molar refractivity (Wildman–Crippen MR) is 347 cm³/mol. The third-order valence-corrected chi connectivity index (χ3v) is 12.3. The van der Waals surface area contributed by atoms with Gasteiger partial charge in [-0.1, -0.05) is 254 Å². The lowest BCUT2D eigenvalue weighted by molar-refractivity contribution is -0.166. The van der Waals surface area contributed by atoms with Crippen LogP contribution in [0.15, 0.2) is 194 Å². The number of carbonyl (C=O) groups excluding carboxylic acids is 3. The summed E-state index contributed by atoms with van der Waals surface area (Å²) in [7, 11) is 0. The highest BCUT2D eigenvalue weighted by molar-refractivity contribution is 5.71. The first-order chi connectivity index (χ1) is 39.5. The maximum absolute atomic E-state index is 12.9. The van der Waals surface area contributed by atoms with Crippen LogP contribution in [0.2, 0.25) is 0 Å². The van der Waals surface area contributed by atoms with E-state index in [2.05, 4.69) is 203 Å². The summed E-state index contributed by atoms with van der Waals surface area (Å²) in [6.07, 6.45) is 100. The van der Waals surface area contributed by atoms with Crippen molar-refractivity contribution in [3.05, 3.63) is 194 Å². The van der Waals surface area contributed by atoms with E-state index in [9.17, 15) is 14.4 Å². The van der Waals surface area contributed by atoms with E-state index in [0.29, 0.717) is 19.3 Å². The highest BCUT2D eigenvalue weighted by atomic mass is 16.6. The minimum absolute atomic E-state index is 0.140. The first-order valence-corrected chi connectivity index (χ1v) is 31.4. The maximum atomic E-state index is 12.9. The predicted octanol–water partition coefficient (Wildman–Crippen LogP) is 21.8. The molecule has 0 spiro atoms. The van der Waals surface area contributed by atoms with Crippen LogP contribution in [0, 0.1) is 0 Å². The van der Waals surface area contributed by atoms with Gasteiger partial charge < -0.3 is 14.2 Å². The van der Waals surface area contributed by atoms with Crippen molar-refractivity contribution in [3.63, 3.8) is 0 Å². The monoisotopic (exact) mass is 1100 g/mol. The molecule has 0 amide bonds. The van der Waals surface area contributed by atoms with Gasteiger partial charge in [0.15, 0.2) is 6.10 Å². The van der Waals surface area contributed by atoms with Crippen molar-refractivity contribution in [1.82, 2.24) is 0 Å². The summed E-state index contributed by atoms with van der Waals surface area (Å²) >= 11 is 0. The largest absolute Gasteiger partial charge is 0.462 e. The molecule has 6 heteroatoms. The van der Waals surface area contributed by atoms with Gasteiger partial charge in [-0.05, 0) is 154 Å². The van der Waals surface area contributed by atoms with E-state index in [1.54, 1.807) is 0 Å². The van der Waals surface area contributed by atoms with Crippen LogP contribution in [0.4, 0.5) is 0 Å². The summed E-state index contributed by atoms with van der Waals surface area (Å²) in [6, 6.07) is 0. The molecule has 0 fully saturated rings. The zero-order valence-electron chi connectivity index (χ0n) is 50.8. The highest BCUT2D eigenvalue weighted by Crippen LogP contribution is 2.11. The minimum atomic E-state index is -0.856. The molecule has 0 saturated heterocycles. The molecule has 444 valence electrons. The molecule has 80 heavy (non-hydrogen) atoms. The van der Waals surface area contributed by atoms with Crippen LogP contribution in [0.5, 0.6) is 0 Å². The molecule has 0 heterocycles. The third-order valence-electron chi connectivity index (χ3n) is 12.3. The van der Waals surface area contributed by atoms with Gasteiger partial charge in [0.2, 0.25) is 0 Å². The van der Waals surface area contributed by atoms with Gasteiger partial charge >= 0.3 is 17.9 Å². The Morgan fingerprint density at radius 1 is 0.263 bits per heavy atom. The second-order valence-corrected chi connectivity index (χ2v) is 19.8. The molecular weight excluding hydrogens is 985 g/mol. The zero-order chi connectivity index (χ0) is 57.8. The van der Waals surface area contributed by atoms with Crippen LogP contribution in [-0.2, 0) is 28.6 Å². The Morgan fingerprint density at radius 2 is 0.512 bits per heavy atom. The van der Waals surface area contributed by atoms with Gasteiger partial charge in [0.1, 0.15) is 13.2 Å². The van der Waals surface area contributed by atoms with E-state index < -0.39 is 12.1 Å². The minimum Gasteiger partial charge on any atom is -0.462 e. The highest BCUT2D eigenvalue weighted by Gasteiger charge is 2.19. The van der Waals surface area contributed by atoms with Crippen LogP contribution < -0.4 is 0 Å². The van der Waals surface area contributed by atoms with Crippen LogP contribution in [0.3, 0.4) is 0 Å². The van der Waals surface area contributed by atoms with Gasteiger partial charge in [-0.25, -0.2) is 0 Å². The third kappa shape index (κ3) is 63.1. The van der Waals surface area contributed by atoms with Crippen molar-refractivity contribution in [3.8, 4) is 0 Å². The Hall–Kier alpha value is -5.75. The summed E-state index contributed by atoms with van der Waals surface area (Å²) in [5, 5.41) is 0. The summed E-state index contributed by atoms with van der Waals surface area (Å²) in [6.45, 7) is 6.26. The molecule has 0 radical (unpaired) electrons. The topological polar surface area (TPSA) is 78.9 Å². The van der Waals surface area contributed by atoms with Crippen LogP contribution in [0.1, 0.15) is 233 Å². The van der Waals surface area contributed by atoms with Crippen LogP contribution >= 0.6 is 0 Å². The molecule has 0 aromatic heterocycles. The average molecular weight is 1100 g/mol. The standard InChI is InChI=1S/C74H112O6/c1-4-7-10-13-16-19-22-25-28-31-33-34-35-36-37-38-39-40-42-43-46-49-52-55-58-61-64-67-73(76)79-70-71(69-78-72(75)66-63-60-57-54-51-48-45-30-27-24-21-18-15-12-9-6-3)80-74(77)68-65-62-59-56-53-50-47-44-41-32-29-26-23-20-17-14-11-8-5-2/h7-8,10-11,16-17,19-21,24-26,28-30,33-34,36-37,39-41,43-46,50,52-53,55,59,62,71H,4-6,9,12-15,18,22-23,27,31-32,35,38,42,47-49,51,54,56-58,60-61,63-70H2,1-3H3/b10-7-,11-8-,19-16-,20-17-,24-21-,28-25-,29-26-,34-33-,37-36-,40-39-,44-41-,45-30-,46-43-,53-50-,55-52-,62-59-. The maximum Gasteiger partial charge on any atom is 0.306 e. The molecule has 0 aromatic rings. The molecule has 6 nitrogen and oxygen atoms in total. The first kappa shape index (κ1) is 74.2. The van der Waals surface area contributed by atoms with E-state index in [1.807, 2.05) is 12.2 Å². The van der Waals surface area contributed by atoms with Gasteiger partial charge in [-0.2, -0.15) is 0 Å². The molecule has 1 atom stereocenters. The van der Waals surface area contributed by atoms with Gasteiger partial charge in [0.05, 0.1) is 0 Å².